The molecule has 1 heterocycles. The topological polar surface area (TPSA) is 211 Å². The van der Waals surface area contributed by atoms with Crippen LogP contribution in [0.2, 0.25) is 5.02 Å². The van der Waals surface area contributed by atoms with E-state index in [0.29, 0.717) is 23.4 Å². The first-order chi connectivity index (χ1) is 24.9. The third kappa shape index (κ3) is 9.98. The fraction of sp³-hybridized carbons (Fsp3) is 0.500. The molecule has 2 saturated carbocycles. The molecular formula is C36H47ClN4O10S. The molecule has 52 heavy (non-hydrogen) atoms. The molecule has 0 saturated heterocycles. The van der Waals surface area contributed by atoms with Gasteiger partial charge in [0.1, 0.15) is 24.1 Å². The Kier molecular flexibility index (Phi) is 13.5. The molecule has 1 aromatic heterocycles. The molecular weight excluding hydrogens is 716 g/mol. The Bertz CT molecular complexity index is 1780. The summed E-state index contributed by atoms with van der Waals surface area (Å²) in [7, 11) is -2.40. The highest BCUT2D eigenvalue weighted by atomic mass is 35.5. The van der Waals surface area contributed by atoms with Crippen molar-refractivity contribution in [2.45, 2.75) is 86.1 Å². The second kappa shape index (κ2) is 17.6. The van der Waals surface area contributed by atoms with E-state index in [1.165, 1.54) is 23.5 Å². The van der Waals surface area contributed by atoms with Crippen LogP contribution < -0.4 is 15.4 Å². The van der Waals surface area contributed by atoms with E-state index < -0.39 is 59.2 Å². The third-order valence-electron chi connectivity index (χ3n) is 9.22. The van der Waals surface area contributed by atoms with Crippen molar-refractivity contribution in [2.24, 2.45) is 0 Å². The van der Waals surface area contributed by atoms with Gasteiger partial charge >= 0.3 is 6.03 Å². The molecule has 3 aromatic rings. The maximum atomic E-state index is 13.5. The lowest BCUT2D eigenvalue weighted by Gasteiger charge is -2.25. The number of carbonyl (C=O) groups is 1. The van der Waals surface area contributed by atoms with Crippen LogP contribution in [0.5, 0.6) is 5.75 Å². The number of aliphatic hydroxyl groups is 5. The molecule has 284 valence electrons. The Morgan fingerprint density at radius 2 is 1.75 bits per heavy atom. The van der Waals surface area contributed by atoms with Gasteiger partial charge in [-0.05, 0) is 80.0 Å². The lowest BCUT2D eigenvalue weighted by molar-refractivity contribution is -0.113. The second-order valence-electron chi connectivity index (χ2n) is 13.2. The van der Waals surface area contributed by atoms with Crippen LogP contribution in [-0.4, -0.2) is 113 Å². The van der Waals surface area contributed by atoms with Crippen molar-refractivity contribution in [3.8, 4) is 16.9 Å². The van der Waals surface area contributed by atoms with E-state index in [1.54, 1.807) is 12.3 Å². The predicted octanol–water partition coefficient (Wildman–Crippen LogP) is 2.28. The summed E-state index contributed by atoms with van der Waals surface area (Å²) in [4.78, 5) is 16.5. The minimum atomic E-state index is -3.88. The Hall–Kier alpha value is -3.38. The normalized spacial score (nSPS) is 17.6. The molecule has 2 aromatic carbocycles. The zero-order valence-electron chi connectivity index (χ0n) is 28.9. The molecule has 2 aliphatic carbocycles. The molecule has 7 N–H and O–H groups in total. The van der Waals surface area contributed by atoms with E-state index >= 15 is 0 Å². The van der Waals surface area contributed by atoms with Crippen molar-refractivity contribution >= 4 is 27.7 Å². The average Bonchev–Trinajstić information content (AvgIpc) is 4.10. The van der Waals surface area contributed by atoms with Crippen molar-refractivity contribution in [1.29, 1.82) is 0 Å². The molecule has 0 radical (unpaired) electrons. The lowest BCUT2D eigenvalue weighted by atomic mass is 9.96. The van der Waals surface area contributed by atoms with E-state index in [4.69, 9.17) is 26.2 Å². The first kappa shape index (κ1) is 39.8. The lowest BCUT2D eigenvalue weighted by Crippen LogP contribution is -2.50. The van der Waals surface area contributed by atoms with Crippen molar-refractivity contribution in [1.82, 2.24) is 19.9 Å². The number of nitrogens with zero attached hydrogens (tertiary/aromatic N) is 2. The number of hydrogen-bond donors (Lipinski definition) is 7. The van der Waals surface area contributed by atoms with E-state index in [0.717, 1.165) is 48.1 Å². The quantitative estimate of drug-likeness (QED) is 0.0831. The van der Waals surface area contributed by atoms with Crippen LogP contribution >= 0.6 is 11.6 Å². The summed E-state index contributed by atoms with van der Waals surface area (Å²) in [5.41, 5.74) is 2.84. The van der Waals surface area contributed by atoms with Crippen LogP contribution in [0.15, 0.2) is 65.8 Å². The van der Waals surface area contributed by atoms with Gasteiger partial charge < -0.3 is 45.6 Å². The van der Waals surface area contributed by atoms with E-state index in [9.17, 15) is 33.6 Å². The highest BCUT2D eigenvalue weighted by Crippen LogP contribution is 2.53. The molecule has 0 spiro atoms. The van der Waals surface area contributed by atoms with Crippen LogP contribution in [0, 0.1) is 0 Å². The predicted molar refractivity (Wildman–Crippen MR) is 192 cm³/mol. The molecule has 2 amide bonds. The Labute approximate surface area is 308 Å². The number of urea groups is 1. The summed E-state index contributed by atoms with van der Waals surface area (Å²) in [6, 6.07) is 13.8. The van der Waals surface area contributed by atoms with Crippen LogP contribution in [0.25, 0.3) is 11.1 Å². The van der Waals surface area contributed by atoms with Crippen LogP contribution in [0.3, 0.4) is 0 Å². The van der Waals surface area contributed by atoms with E-state index in [1.807, 2.05) is 36.5 Å². The first-order valence-corrected chi connectivity index (χ1v) is 19.1. The molecule has 2 aliphatic rings. The molecule has 4 atom stereocenters. The summed E-state index contributed by atoms with van der Waals surface area (Å²) < 4.78 is 40.9. The first-order valence-electron chi connectivity index (χ1n) is 17.3. The molecule has 5 rings (SSSR count). The molecule has 0 unspecified atom stereocenters. The maximum Gasteiger partial charge on any atom is 0.314 e. The van der Waals surface area contributed by atoms with E-state index in [-0.39, 0.29) is 30.7 Å². The van der Waals surface area contributed by atoms with Crippen LogP contribution in [0.1, 0.15) is 49.7 Å². The number of amides is 2. The Morgan fingerprint density at radius 1 is 1.02 bits per heavy atom. The van der Waals surface area contributed by atoms with Gasteiger partial charge in [0.05, 0.1) is 35.9 Å². The molecule has 16 heteroatoms. The van der Waals surface area contributed by atoms with Gasteiger partial charge in [-0.1, -0.05) is 29.8 Å². The van der Waals surface area contributed by atoms with Crippen LogP contribution in [-0.2, 0) is 27.0 Å². The summed E-state index contributed by atoms with van der Waals surface area (Å²) >= 11 is 6.54. The number of benzene rings is 2. The number of carbonyl (C=O) groups excluding carboxylic acids is 1. The highest BCUT2D eigenvalue weighted by molar-refractivity contribution is 7.89. The van der Waals surface area contributed by atoms with Crippen LogP contribution in [0.4, 0.5) is 4.79 Å². The molecule has 2 fully saturated rings. The fourth-order valence-corrected chi connectivity index (χ4v) is 7.13. The summed E-state index contributed by atoms with van der Waals surface area (Å²) in [6.45, 7) is -0.767. The average molecular weight is 763 g/mol. The zero-order chi connectivity index (χ0) is 37.5. The van der Waals surface area contributed by atoms with Gasteiger partial charge in [0.2, 0.25) is 10.0 Å². The van der Waals surface area contributed by atoms with Gasteiger partial charge in [0, 0.05) is 55.2 Å². The number of hydrogen-bond acceptors (Lipinski definition) is 11. The van der Waals surface area contributed by atoms with Crippen molar-refractivity contribution in [3.05, 3.63) is 77.1 Å². The second-order valence-corrected chi connectivity index (χ2v) is 15.7. The van der Waals surface area contributed by atoms with Crippen molar-refractivity contribution in [3.63, 3.8) is 0 Å². The Morgan fingerprint density at radius 3 is 2.46 bits per heavy atom. The van der Waals surface area contributed by atoms with Gasteiger partial charge in [-0.25, -0.2) is 17.5 Å². The van der Waals surface area contributed by atoms with Gasteiger partial charge in [-0.2, -0.15) is 0 Å². The van der Waals surface area contributed by atoms with E-state index in [2.05, 4.69) is 15.6 Å². The van der Waals surface area contributed by atoms with Gasteiger partial charge in [0.25, 0.3) is 0 Å². The molecule has 0 bridgehead atoms. The number of ether oxygens (including phenoxy) is 2. The van der Waals surface area contributed by atoms with Crippen molar-refractivity contribution < 1.29 is 48.2 Å². The number of aromatic nitrogens is 1. The number of unbranched alkanes of at least 4 members (excludes halogenated alkanes) is 1. The number of nitrogens with one attached hydrogen (secondary N) is 2. The number of halogens is 1. The van der Waals surface area contributed by atoms with Gasteiger partial charge in [-0.3, -0.25) is 4.98 Å². The van der Waals surface area contributed by atoms with Crippen molar-refractivity contribution in [2.75, 3.05) is 33.3 Å². The minimum Gasteiger partial charge on any atom is -0.490 e. The number of aliphatic hydroxyl groups excluding tert-OH is 5. The standard InChI is InChI=1S/C36H47ClN4O10S/c1-41(17-5-4-15-39-35(47)40-20-30(43)33(45)34(46)31(44)21-42)52(48,49)25-10-11-29(37)23(18-25)22-50-36(13-14-36)28-19-38-16-12-26(28)27-6-2-3-7-32(27)51-24-8-9-24/h2-3,6-7,10-12,16,18-19,24,30-31,33-34,42-46H,4-5,8-9,13-15,17,20-22H2,1H3,(H2,39,40,47)/t30-,31+,33+,34+/m0/s1. The summed E-state index contributed by atoms with van der Waals surface area (Å²) in [5.74, 6) is 0.824. The molecule has 0 aliphatic heterocycles. The largest absolute Gasteiger partial charge is 0.490 e. The fourth-order valence-electron chi connectivity index (χ4n) is 5.70. The zero-order valence-corrected chi connectivity index (χ0v) is 30.5. The smallest absolute Gasteiger partial charge is 0.314 e. The highest BCUT2D eigenvalue weighted by Gasteiger charge is 2.48. The summed E-state index contributed by atoms with van der Waals surface area (Å²) in [5, 5.41) is 53.0. The number of pyridine rings is 1. The Balaban J connectivity index is 1.12. The number of para-hydroxylation sites is 1. The van der Waals surface area contributed by atoms with Gasteiger partial charge in [0.15, 0.2) is 0 Å². The maximum absolute atomic E-state index is 13.5. The molecule has 14 nitrogen and oxygen atoms in total. The van der Waals surface area contributed by atoms with Gasteiger partial charge in [-0.15, -0.1) is 0 Å². The number of sulfonamides is 1. The SMILES string of the molecule is CN(CCCCNC(=O)NC[C@H](O)[C@@H](O)[C@H](O)[C@H](O)CO)S(=O)(=O)c1ccc(Cl)c(COC2(c3cnccc3-c3ccccc3OC3CC3)CC2)c1. The monoisotopic (exact) mass is 762 g/mol. The third-order valence-corrected chi connectivity index (χ3v) is 11.4. The summed E-state index contributed by atoms with van der Waals surface area (Å²) in [6.07, 6.45) is 1.50. The number of rotatable bonds is 20. The minimum absolute atomic E-state index is 0.0749.